The minimum Gasteiger partial charge on any atom is -0.323 e. The van der Waals surface area contributed by atoms with Crippen LogP contribution in [0, 0.1) is 19.7 Å². The Morgan fingerprint density at radius 1 is 1.21 bits per heavy atom. The molecule has 0 bridgehead atoms. The van der Waals surface area contributed by atoms with E-state index < -0.39 is 11.1 Å². The summed E-state index contributed by atoms with van der Waals surface area (Å²) in [4.78, 5) is 13.1. The molecule has 2 N–H and O–H groups in total. The van der Waals surface area contributed by atoms with Gasteiger partial charge in [0.25, 0.3) is 0 Å². The molecule has 0 spiro atoms. The van der Waals surface area contributed by atoms with Crippen LogP contribution in [-0.4, -0.2) is 26.0 Å². The molecule has 2 atom stereocenters. The molecule has 6 nitrogen and oxygen atoms in total. The molecule has 9 heteroatoms. The van der Waals surface area contributed by atoms with E-state index in [0.29, 0.717) is 15.5 Å². The predicted molar refractivity (Wildman–Crippen MR) is 110 cm³/mol. The van der Waals surface area contributed by atoms with Gasteiger partial charge in [-0.2, -0.15) is 0 Å². The Bertz CT molecular complexity index is 1040. The van der Waals surface area contributed by atoms with E-state index in [2.05, 4.69) is 36.9 Å². The van der Waals surface area contributed by atoms with Gasteiger partial charge in [0.05, 0.1) is 11.7 Å². The highest BCUT2D eigenvalue weighted by molar-refractivity contribution is 9.10. The maximum Gasteiger partial charge on any atom is 0.240 e. The molecule has 1 aliphatic rings. The first-order valence-electron chi connectivity index (χ1n) is 8.60. The molecule has 0 fully saturated rings. The summed E-state index contributed by atoms with van der Waals surface area (Å²) < 4.78 is 16.6. The number of thioether (sulfide) groups is 1. The van der Waals surface area contributed by atoms with Crippen LogP contribution in [0.1, 0.15) is 23.0 Å². The number of amides is 1. The number of carbonyl (C=O) groups is 1. The number of carbonyl (C=O) groups excluding carboxylic acids is 1. The predicted octanol–water partition coefficient (Wildman–Crippen LogP) is 4.19. The fourth-order valence-corrected chi connectivity index (χ4v) is 4.44. The van der Waals surface area contributed by atoms with Crippen LogP contribution >= 0.6 is 27.7 Å². The SMILES string of the molecule is Cc1ccc([C@H]2Nn3c(C)nnc3S[C@@H]2C(=O)Nc2ccc(Br)cc2F)cc1. The smallest absolute Gasteiger partial charge is 0.240 e. The van der Waals surface area contributed by atoms with Gasteiger partial charge in [-0.15, -0.1) is 10.2 Å². The first-order chi connectivity index (χ1) is 13.4. The lowest BCUT2D eigenvalue weighted by molar-refractivity contribution is -0.116. The van der Waals surface area contributed by atoms with Crippen LogP contribution in [0.2, 0.25) is 0 Å². The zero-order valence-electron chi connectivity index (χ0n) is 15.1. The lowest BCUT2D eigenvalue weighted by Crippen LogP contribution is -2.41. The van der Waals surface area contributed by atoms with E-state index in [0.717, 1.165) is 11.1 Å². The average Bonchev–Trinajstić information content (AvgIpc) is 3.04. The number of aryl methyl sites for hydroxylation is 2. The van der Waals surface area contributed by atoms with Crippen LogP contribution in [0.15, 0.2) is 52.1 Å². The molecule has 0 saturated carbocycles. The van der Waals surface area contributed by atoms with Crippen molar-refractivity contribution in [2.45, 2.75) is 30.3 Å². The number of anilines is 1. The van der Waals surface area contributed by atoms with Crippen molar-refractivity contribution in [3.8, 4) is 0 Å². The maximum absolute atomic E-state index is 14.2. The minimum atomic E-state index is -0.554. The highest BCUT2D eigenvalue weighted by Crippen LogP contribution is 2.37. The first kappa shape index (κ1) is 18.9. The summed E-state index contributed by atoms with van der Waals surface area (Å²) in [5.41, 5.74) is 5.55. The summed E-state index contributed by atoms with van der Waals surface area (Å²) in [5.74, 6) is -0.101. The van der Waals surface area contributed by atoms with Crippen molar-refractivity contribution in [2.24, 2.45) is 0 Å². The maximum atomic E-state index is 14.2. The second kappa shape index (κ2) is 7.56. The Labute approximate surface area is 174 Å². The Morgan fingerprint density at radius 2 is 1.96 bits per heavy atom. The van der Waals surface area contributed by atoms with Crippen molar-refractivity contribution in [1.82, 2.24) is 14.9 Å². The number of hydrogen-bond acceptors (Lipinski definition) is 5. The van der Waals surface area contributed by atoms with Gasteiger partial charge in [0.1, 0.15) is 16.9 Å². The summed E-state index contributed by atoms with van der Waals surface area (Å²) in [5, 5.41) is 10.9. The molecule has 2 aromatic carbocycles. The second-order valence-electron chi connectivity index (χ2n) is 6.53. The lowest BCUT2D eigenvalue weighted by Gasteiger charge is -2.32. The Hall–Kier alpha value is -2.39. The molecule has 2 heterocycles. The number of halogens is 2. The number of fused-ring (bicyclic) bond motifs is 1. The van der Waals surface area contributed by atoms with Gasteiger partial charge in [0.15, 0.2) is 0 Å². The number of nitrogens with one attached hydrogen (secondary N) is 2. The third-order valence-corrected chi connectivity index (χ3v) is 6.19. The Balaban J connectivity index is 1.67. The van der Waals surface area contributed by atoms with Crippen LogP contribution in [0.5, 0.6) is 0 Å². The van der Waals surface area contributed by atoms with Crippen LogP contribution in [0.3, 0.4) is 0 Å². The molecule has 1 aromatic heterocycles. The summed E-state index contributed by atoms with van der Waals surface area (Å²) in [6, 6.07) is 12.2. The van der Waals surface area contributed by atoms with Crippen molar-refractivity contribution in [2.75, 3.05) is 10.7 Å². The van der Waals surface area contributed by atoms with E-state index >= 15 is 0 Å². The topological polar surface area (TPSA) is 71.8 Å². The van der Waals surface area contributed by atoms with Crippen LogP contribution in [0.4, 0.5) is 10.1 Å². The first-order valence-corrected chi connectivity index (χ1v) is 10.3. The van der Waals surface area contributed by atoms with Crippen LogP contribution in [-0.2, 0) is 4.79 Å². The number of hydrogen-bond donors (Lipinski definition) is 2. The summed E-state index contributed by atoms with van der Waals surface area (Å²) >= 11 is 4.53. The van der Waals surface area contributed by atoms with Gasteiger partial charge >= 0.3 is 0 Å². The van der Waals surface area contributed by atoms with Gasteiger partial charge in [-0.1, -0.05) is 57.5 Å². The molecule has 4 rings (SSSR count). The standard InChI is InChI=1S/C19H17BrFN5OS/c1-10-3-5-12(6-4-10)16-17(28-19-24-23-11(2)26(19)25-16)18(27)22-15-8-7-13(20)9-14(15)21/h3-9,16-17,25H,1-2H3,(H,22,27)/t16-,17+/m1/s1. The zero-order valence-corrected chi connectivity index (χ0v) is 17.5. The second-order valence-corrected chi connectivity index (χ2v) is 8.56. The molecule has 1 aliphatic heterocycles. The third kappa shape index (κ3) is 3.64. The van der Waals surface area contributed by atoms with Gasteiger partial charge in [-0.3, -0.25) is 4.79 Å². The Kier molecular flexibility index (Phi) is 5.11. The van der Waals surface area contributed by atoms with Crippen molar-refractivity contribution in [3.05, 3.63) is 69.7 Å². The largest absolute Gasteiger partial charge is 0.323 e. The Morgan fingerprint density at radius 3 is 2.68 bits per heavy atom. The van der Waals surface area contributed by atoms with Gasteiger partial charge in [-0.25, -0.2) is 9.07 Å². The van der Waals surface area contributed by atoms with Gasteiger partial charge in [-0.05, 0) is 37.6 Å². The molecule has 1 amide bonds. The van der Waals surface area contributed by atoms with Crippen molar-refractivity contribution < 1.29 is 9.18 Å². The van der Waals surface area contributed by atoms with E-state index in [1.54, 1.807) is 10.7 Å². The summed E-state index contributed by atoms with van der Waals surface area (Å²) in [6.07, 6.45) is 0. The molecule has 0 unspecified atom stereocenters. The quantitative estimate of drug-likeness (QED) is 0.611. The molecular weight excluding hydrogens is 445 g/mol. The number of rotatable bonds is 3. The van der Waals surface area contributed by atoms with E-state index in [9.17, 15) is 9.18 Å². The molecule has 144 valence electrons. The molecule has 3 aromatic rings. The van der Waals surface area contributed by atoms with Gasteiger partial charge in [0, 0.05) is 4.47 Å². The summed E-state index contributed by atoms with van der Waals surface area (Å²) in [6.45, 7) is 3.85. The molecule has 0 radical (unpaired) electrons. The van der Waals surface area contributed by atoms with E-state index in [1.807, 2.05) is 38.1 Å². The molecule has 28 heavy (non-hydrogen) atoms. The molecular formula is C19H17BrFN5OS. The minimum absolute atomic E-state index is 0.139. The van der Waals surface area contributed by atoms with Crippen LogP contribution in [0.25, 0.3) is 0 Å². The van der Waals surface area contributed by atoms with Crippen molar-refractivity contribution in [1.29, 1.82) is 0 Å². The molecule has 0 aliphatic carbocycles. The van der Waals surface area contributed by atoms with Crippen molar-refractivity contribution in [3.63, 3.8) is 0 Å². The number of nitrogens with zero attached hydrogens (tertiary/aromatic N) is 3. The fourth-order valence-electron chi connectivity index (χ4n) is 2.98. The number of benzene rings is 2. The van der Waals surface area contributed by atoms with Gasteiger partial charge < -0.3 is 10.7 Å². The fraction of sp³-hybridized carbons (Fsp3) is 0.211. The average molecular weight is 462 g/mol. The third-order valence-electron chi connectivity index (χ3n) is 4.48. The van der Waals surface area contributed by atoms with E-state index in [1.165, 1.54) is 23.9 Å². The molecule has 0 saturated heterocycles. The normalized spacial score (nSPS) is 18.3. The summed E-state index contributed by atoms with van der Waals surface area (Å²) in [7, 11) is 0. The van der Waals surface area contributed by atoms with Gasteiger partial charge in [0.2, 0.25) is 11.1 Å². The van der Waals surface area contributed by atoms with Crippen LogP contribution < -0.4 is 10.7 Å². The lowest BCUT2D eigenvalue weighted by atomic mass is 10.0. The highest BCUT2D eigenvalue weighted by atomic mass is 79.9. The van der Waals surface area contributed by atoms with E-state index in [-0.39, 0.29) is 17.6 Å². The zero-order chi connectivity index (χ0) is 19.8. The highest BCUT2D eigenvalue weighted by Gasteiger charge is 2.37. The van der Waals surface area contributed by atoms with E-state index in [4.69, 9.17) is 0 Å². The van der Waals surface area contributed by atoms with Crippen molar-refractivity contribution >= 4 is 39.3 Å². The number of aromatic nitrogens is 3. The monoisotopic (exact) mass is 461 g/mol.